The topological polar surface area (TPSA) is 52.6 Å². The highest BCUT2D eigenvalue weighted by molar-refractivity contribution is 5.79. The molecular weight excluding hydrogens is 168 g/mol. The molecular formula is C9H18N2O2. The van der Waals surface area contributed by atoms with Crippen molar-refractivity contribution >= 4 is 5.91 Å². The molecule has 0 aliphatic carbocycles. The Balaban J connectivity index is 2.21. The molecule has 76 valence electrons. The molecule has 1 aliphatic rings. The lowest BCUT2D eigenvalue weighted by Crippen LogP contribution is -2.51. The van der Waals surface area contributed by atoms with Gasteiger partial charge >= 0.3 is 0 Å². The minimum atomic E-state index is -0.324. The zero-order valence-electron chi connectivity index (χ0n) is 8.29. The number of amides is 1. The molecule has 1 rings (SSSR count). The van der Waals surface area contributed by atoms with Crippen LogP contribution in [-0.4, -0.2) is 48.7 Å². The molecule has 0 saturated carbocycles. The van der Waals surface area contributed by atoms with Crippen LogP contribution in [-0.2, 0) is 4.79 Å². The fourth-order valence-electron chi connectivity index (χ4n) is 1.27. The van der Waals surface area contributed by atoms with Gasteiger partial charge in [-0.25, -0.2) is 0 Å². The molecule has 0 aromatic heterocycles. The SMILES string of the molecule is CC(O)CCN(C)C(=O)C1CNC1. The third kappa shape index (κ3) is 2.97. The van der Waals surface area contributed by atoms with Gasteiger partial charge in [-0.1, -0.05) is 0 Å². The van der Waals surface area contributed by atoms with Gasteiger partial charge in [-0.2, -0.15) is 0 Å². The fraction of sp³-hybridized carbons (Fsp3) is 0.889. The van der Waals surface area contributed by atoms with Gasteiger partial charge in [0.15, 0.2) is 0 Å². The van der Waals surface area contributed by atoms with Crippen LogP contribution in [0.3, 0.4) is 0 Å². The van der Waals surface area contributed by atoms with Gasteiger partial charge in [-0.3, -0.25) is 4.79 Å². The third-order valence-corrected chi connectivity index (χ3v) is 2.39. The molecule has 1 atom stereocenters. The number of hydrogen-bond donors (Lipinski definition) is 2. The third-order valence-electron chi connectivity index (χ3n) is 2.39. The molecule has 0 spiro atoms. The summed E-state index contributed by atoms with van der Waals surface area (Å²) in [6.45, 7) is 3.99. The van der Waals surface area contributed by atoms with Crippen molar-refractivity contribution in [2.24, 2.45) is 5.92 Å². The van der Waals surface area contributed by atoms with Crippen LogP contribution in [0, 0.1) is 5.92 Å². The maximum atomic E-state index is 11.5. The first-order chi connectivity index (χ1) is 6.11. The summed E-state index contributed by atoms with van der Waals surface area (Å²) in [5, 5.41) is 12.1. The van der Waals surface area contributed by atoms with E-state index < -0.39 is 0 Å². The first-order valence-corrected chi connectivity index (χ1v) is 4.75. The highest BCUT2D eigenvalue weighted by Crippen LogP contribution is 2.07. The van der Waals surface area contributed by atoms with Crippen LogP contribution in [0.4, 0.5) is 0 Å². The minimum Gasteiger partial charge on any atom is -0.393 e. The standard InChI is InChI=1S/C9H18N2O2/c1-7(12)3-4-11(2)9(13)8-5-10-6-8/h7-8,10,12H,3-6H2,1-2H3. The summed E-state index contributed by atoms with van der Waals surface area (Å²) < 4.78 is 0. The number of aliphatic hydroxyl groups is 1. The van der Waals surface area contributed by atoms with E-state index in [-0.39, 0.29) is 17.9 Å². The number of hydrogen-bond acceptors (Lipinski definition) is 3. The minimum absolute atomic E-state index is 0.166. The predicted molar refractivity (Wildman–Crippen MR) is 50.3 cm³/mol. The van der Waals surface area contributed by atoms with E-state index in [2.05, 4.69) is 5.32 Å². The average molecular weight is 186 g/mol. The summed E-state index contributed by atoms with van der Waals surface area (Å²) >= 11 is 0. The average Bonchev–Trinajstić information content (AvgIpc) is 1.96. The number of nitrogens with one attached hydrogen (secondary N) is 1. The van der Waals surface area contributed by atoms with Gasteiger partial charge in [0.25, 0.3) is 0 Å². The number of nitrogens with zero attached hydrogens (tertiary/aromatic N) is 1. The van der Waals surface area contributed by atoms with Gasteiger partial charge < -0.3 is 15.3 Å². The summed E-state index contributed by atoms with van der Waals surface area (Å²) in [5.41, 5.74) is 0. The lowest BCUT2D eigenvalue weighted by atomic mass is 10.0. The molecule has 1 heterocycles. The largest absolute Gasteiger partial charge is 0.393 e. The first-order valence-electron chi connectivity index (χ1n) is 4.75. The zero-order chi connectivity index (χ0) is 9.84. The number of carbonyl (C=O) groups excluding carboxylic acids is 1. The van der Waals surface area contributed by atoms with Crippen LogP contribution in [0.25, 0.3) is 0 Å². The van der Waals surface area contributed by atoms with Crippen molar-refractivity contribution in [3.05, 3.63) is 0 Å². The summed E-state index contributed by atoms with van der Waals surface area (Å²) in [4.78, 5) is 13.2. The second kappa shape index (κ2) is 4.58. The van der Waals surface area contributed by atoms with Crippen molar-refractivity contribution in [3.8, 4) is 0 Å². The number of carbonyl (C=O) groups is 1. The smallest absolute Gasteiger partial charge is 0.227 e. The predicted octanol–water partition coefficient (Wildman–Crippen LogP) is -0.565. The molecule has 4 heteroatoms. The second-order valence-electron chi connectivity index (χ2n) is 3.75. The maximum absolute atomic E-state index is 11.5. The van der Waals surface area contributed by atoms with Gasteiger partial charge in [0, 0.05) is 26.7 Å². The molecule has 2 N–H and O–H groups in total. The van der Waals surface area contributed by atoms with Crippen LogP contribution in [0.1, 0.15) is 13.3 Å². The van der Waals surface area contributed by atoms with E-state index in [4.69, 9.17) is 5.11 Å². The second-order valence-corrected chi connectivity index (χ2v) is 3.75. The quantitative estimate of drug-likeness (QED) is 0.618. The Morgan fingerprint density at radius 3 is 2.69 bits per heavy atom. The number of aliphatic hydroxyl groups excluding tert-OH is 1. The van der Waals surface area contributed by atoms with Crippen LogP contribution < -0.4 is 5.32 Å². The Labute approximate surface area is 78.9 Å². The molecule has 1 aliphatic heterocycles. The van der Waals surface area contributed by atoms with Gasteiger partial charge in [-0.05, 0) is 13.3 Å². The van der Waals surface area contributed by atoms with Crippen molar-refractivity contribution < 1.29 is 9.90 Å². The Hall–Kier alpha value is -0.610. The molecule has 0 aromatic rings. The molecule has 1 fully saturated rings. The van der Waals surface area contributed by atoms with E-state index in [1.54, 1.807) is 18.9 Å². The Bertz CT molecular complexity index is 178. The molecule has 1 amide bonds. The first kappa shape index (κ1) is 10.5. The van der Waals surface area contributed by atoms with E-state index >= 15 is 0 Å². The summed E-state index contributed by atoms with van der Waals surface area (Å²) in [6, 6.07) is 0. The highest BCUT2D eigenvalue weighted by Gasteiger charge is 2.27. The van der Waals surface area contributed by atoms with E-state index in [1.165, 1.54) is 0 Å². The normalized spacial score (nSPS) is 19.3. The zero-order valence-corrected chi connectivity index (χ0v) is 8.29. The lowest BCUT2D eigenvalue weighted by Gasteiger charge is -2.30. The molecule has 0 aromatic carbocycles. The fourth-order valence-corrected chi connectivity index (χ4v) is 1.27. The maximum Gasteiger partial charge on any atom is 0.227 e. The summed E-state index contributed by atoms with van der Waals surface area (Å²) in [5.74, 6) is 0.360. The monoisotopic (exact) mass is 186 g/mol. The molecule has 13 heavy (non-hydrogen) atoms. The van der Waals surface area contributed by atoms with Gasteiger partial charge in [-0.15, -0.1) is 0 Å². The van der Waals surface area contributed by atoms with E-state index in [9.17, 15) is 4.79 Å². The lowest BCUT2D eigenvalue weighted by molar-refractivity contribution is -0.135. The highest BCUT2D eigenvalue weighted by atomic mass is 16.3. The van der Waals surface area contributed by atoms with Crippen molar-refractivity contribution in [3.63, 3.8) is 0 Å². The van der Waals surface area contributed by atoms with Crippen LogP contribution in [0.15, 0.2) is 0 Å². The number of rotatable bonds is 4. The van der Waals surface area contributed by atoms with Crippen molar-refractivity contribution in [2.75, 3.05) is 26.7 Å². The van der Waals surface area contributed by atoms with E-state index in [0.717, 1.165) is 13.1 Å². The van der Waals surface area contributed by atoms with Crippen molar-refractivity contribution in [2.45, 2.75) is 19.4 Å². The van der Waals surface area contributed by atoms with Crippen molar-refractivity contribution in [1.82, 2.24) is 10.2 Å². The molecule has 0 bridgehead atoms. The van der Waals surface area contributed by atoms with Gasteiger partial charge in [0.2, 0.25) is 5.91 Å². The Morgan fingerprint density at radius 2 is 2.31 bits per heavy atom. The molecule has 1 saturated heterocycles. The van der Waals surface area contributed by atoms with E-state index in [1.807, 2.05) is 0 Å². The summed E-state index contributed by atoms with van der Waals surface area (Å²) in [6.07, 6.45) is 0.331. The Kier molecular flexibility index (Phi) is 3.69. The van der Waals surface area contributed by atoms with Crippen LogP contribution in [0.5, 0.6) is 0 Å². The Morgan fingerprint density at radius 1 is 1.69 bits per heavy atom. The van der Waals surface area contributed by atoms with Gasteiger partial charge in [0.1, 0.15) is 0 Å². The van der Waals surface area contributed by atoms with Crippen LogP contribution >= 0.6 is 0 Å². The molecule has 0 radical (unpaired) electrons. The van der Waals surface area contributed by atoms with Crippen LogP contribution in [0.2, 0.25) is 0 Å². The summed E-state index contributed by atoms with van der Waals surface area (Å²) in [7, 11) is 1.79. The van der Waals surface area contributed by atoms with Crippen molar-refractivity contribution in [1.29, 1.82) is 0 Å². The molecule has 4 nitrogen and oxygen atoms in total. The van der Waals surface area contributed by atoms with Gasteiger partial charge in [0.05, 0.1) is 12.0 Å². The molecule has 1 unspecified atom stereocenters. The van der Waals surface area contributed by atoms with E-state index in [0.29, 0.717) is 13.0 Å².